The molecule has 2 aliphatic rings. The summed E-state index contributed by atoms with van der Waals surface area (Å²) in [5.41, 5.74) is 2.95. The van der Waals surface area contributed by atoms with Crippen molar-refractivity contribution >= 4 is 11.6 Å². The number of aliphatic hydroxyl groups is 1. The lowest BCUT2D eigenvalue weighted by molar-refractivity contribution is 0.281. The van der Waals surface area contributed by atoms with Crippen LogP contribution in [0.2, 0.25) is 0 Å². The van der Waals surface area contributed by atoms with E-state index in [2.05, 4.69) is 44.5 Å². The van der Waals surface area contributed by atoms with Crippen molar-refractivity contribution in [1.29, 1.82) is 0 Å². The van der Waals surface area contributed by atoms with Crippen LogP contribution in [0.15, 0.2) is 30.3 Å². The minimum atomic E-state index is -0.0205. The summed E-state index contributed by atoms with van der Waals surface area (Å²) in [6.45, 7) is 4.96. The molecule has 2 N–H and O–H groups in total. The van der Waals surface area contributed by atoms with E-state index in [4.69, 9.17) is 0 Å². The number of aryl methyl sites for hydroxylation is 1. The third-order valence-corrected chi connectivity index (χ3v) is 4.88. The first-order chi connectivity index (χ1) is 11.2. The number of anilines is 2. The van der Waals surface area contributed by atoms with Gasteiger partial charge in [-0.2, -0.15) is 0 Å². The molecule has 2 bridgehead atoms. The summed E-state index contributed by atoms with van der Waals surface area (Å²) in [7, 11) is 0. The number of benzene rings is 1. The lowest BCUT2D eigenvalue weighted by atomic mass is 9.99. The van der Waals surface area contributed by atoms with Crippen LogP contribution in [-0.4, -0.2) is 34.3 Å². The first-order valence-corrected chi connectivity index (χ1v) is 8.24. The van der Waals surface area contributed by atoms with E-state index in [-0.39, 0.29) is 12.6 Å². The molecule has 120 valence electrons. The Morgan fingerprint density at radius 1 is 1.30 bits per heavy atom. The summed E-state index contributed by atoms with van der Waals surface area (Å²) < 4.78 is 0. The van der Waals surface area contributed by atoms with Crippen molar-refractivity contribution < 1.29 is 5.11 Å². The molecule has 0 amide bonds. The average Bonchev–Trinajstić information content (AvgIpc) is 3.14. The summed E-state index contributed by atoms with van der Waals surface area (Å²) in [6, 6.07) is 11.2. The smallest absolute Gasteiger partial charge is 0.134 e. The lowest BCUT2D eigenvalue weighted by Gasteiger charge is -2.30. The highest BCUT2D eigenvalue weighted by atomic mass is 16.3. The van der Waals surface area contributed by atoms with E-state index in [1.165, 1.54) is 17.5 Å². The molecule has 23 heavy (non-hydrogen) atoms. The van der Waals surface area contributed by atoms with Gasteiger partial charge in [0.05, 0.1) is 12.6 Å². The topological polar surface area (TPSA) is 61.3 Å². The number of hydrogen-bond donors (Lipinski definition) is 2. The fourth-order valence-electron chi connectivity index (χ4n) is 3.87. The number of fused-ring (bicyclic) bond motifs is 5. The minimum absolute atomic E-state index is 0.0205. The molecule has 1 aliphatic carbocycles. The lowest BCUT2D eigenvalue weighted by Crippen LogP contribution is -2.28. The molecule has 3 atom stereocenters. The van der Waals surface area contributed by atoms with E-state index in [0.29, 0.717) is 12.0 Å². The zero-order chi connectivity index (χ0) is 16.0. The van der Waals surface area contributed by atoms with E-state index in [9.17, 15) is 5.11 Å². The van der Waals surface area contributed by atoms with Gasteiger partial charge in [0.1, 0.15) is 17.5 Å². The van der Waals surface area contributed by atoms with Gasteiger partial charge in [-0.15, -0.1) is 0 Å². The Labute approximate surface area is 136 Å². The molecule has 1 fully saturated rings. The van der Waals surface area contributed by atoms with Crippen LogP contribution in [0.1, 0.15) is 42.3 Å². The summed E-state index contributed by atoms with van der Waals surface area (Å²) in [4.78, 5) is 11.5. The van der Waals surface area contributed by atoms with Gasteiger partial charge in [0.15, 0.2) is 0 Å². The highest BCUT2D eigenvalue weighted by molar-refractivity contribution is 5.57. The molecule has 1 aromatic carbocycles. The molecule has 5 nitrogen and oxygen atoms in total. The number of aromatic nitrogens is 2. The Hall–Kier alpha value is -2.14. The second kappa shape index (κ2) is 5.49. The summed E-state index contributed by atoms with van der Waals surface area (Å²) in [5, 5.41) is 12.5. The monoisotopic (exact) mass is 310 g/mol. The molecule has 0 saturated carbocycles. The molecular formula is C18H22N4O. The van der Waals surface area contributed by atoms with Crippen molar-refractivity contribution in [3.63, 3.8) is 0 Å². The van der Waals surface area contributed by atoms with E-state index in [0.717, 1.165) is 24.0 Å². The third kappa shape index (κ3) is 2.45. The largest absolute Gasteiger partial charge is 0.394 e. The molecule has 0 radical (unpaired) electrons. The van der Waals surface area contributed by atoms with Crippen LogP contribution >= 0.6 is 0 Å². The van der Waals surface area contributed by atoms with Crippen LogP contribution in [0, 0.1) is 6.92 Å². The van der Waals surface area contributed by atoms with Gasteiger partial charge in [0, 0.05) is 24.6 Å². The van der Waals surface area contributed by atoms with Crippen molar-refractivity contribution in [3.8, 4) is 0 Å². The normalized spacial score (nSPS) is 23.0. The molecular weight excluding hydrogens is 288 g/mol. The Balaban J connectivity index is 1.65. The van der Waals surface area contributed by atoms with Gasteiger partial charge < -0.3 is 15.3 Å². The fourth-order valence-corrected chi connectivity index (χ4v) is 3.87. The zero-order valence-electron chi connectivity index (χ0n) is 13.5. The molecule has 2 heterocycles. The summed E-state index contributed by atoms with van der Waals surface area (Å²) >= 11 is 0. The van der Waals surface area contributed by atoms with Crippen LogP contribution in [0.4, 0.5) is 11.6 Å². The highest BCUT2D eigenvalue weighted by Gasteiger charge is 2.42. The number of hydrogen-bond acceptors (Lipinski definition) is 5. The maximum absolute atomic E-state index is 9.23. The standard InChI is InChI=1S/C18H22N4O/c1-11(10-23)19-17-8-18(21-12(2)20-17)22-9-13-7-16(22)15-6-4-3-5-14(13)15/h3-6,8,11,13,16,23H,7,9-10H2,1-2H3,(H,19,20,21)/t11-,13+,16-/m0/s1. The molecule has 1 aromatic heterocycles. The Morgan fingerprint density at radius 2 is 2.09 bits per heavy atom. The van der Waals surface area contributed by atoms with Gasteiger partial charge in [-0.25, -0.2) is 9.97 Å². The Kier molecular flexibility index (Phi) is 3.45. The van der Waals surface area contributed by atoms with Crippen molar-refractivity contribution in [3.05, 3.63) is 47.3 Å². The van der Waals surface area contributed by atoms with Crippen molar-refractivity contribution in [2.45, 2.75) is 38.3 Å². The predicted molar refractivity (Wildman–Crippen MR) is 90.8 cm³/mol. The molecule has 1 aliphatic heterocycles. The van der Waals surface area contributed by atoms with Crippen LogP contribution in [0.3, 0.4) is 0 Å². The van der Waals surface area contributed by atoms with Crippen LogP contribution in [0.25, 0.3) is 0 Å². The van der Waals surface area contributed by atoms with E-state index in [1.807, 2.05) is 19.9 Å². The van der Waals surface area contributed by atoms with Crippen molar-refractivity contribution in [1.82, 2.24) is 9.97 Å². The average molecular weight is 310 g/mol. The van der Waals surface area contributed by atoms with Gasteiger partial charge in [-0.1, -0.05) is 24.3 Å². The maximum Gasteiger partial charge on any atom is 0.134 e. The van der Waals surface area contributed by atoms with Gasteiger partial charge in [0.2, 0.25) is 0 Å². The van der Waals surface area contributed by atoms with Gasteiger partial charge in [-0.3, -0.25) is 0 Å². The first-order valence-electron chi connectivity index (χ1n) is 8.24. The molecule has 2 aromatic rings. The molecule has 1 saturated heterocycles. The van der Waals surface area contributed by atoms with E-state index >= 15 is 0 Å². The predicted octanol–water partition coefficient (Wildman–Crippen LogP) is 2.63. The Bertz CT molecular complexity index is 733. The van der Waals surface area contributed by atoms with E-state index < -0.39 is 0 Å². The van der Waals surface area contributed by atoms with Crippen molar-refractivity contribution in [2.24, 2.45) is 0 Å². The Morgan fingerprint density at radius 3 is 2.87 bits per heavy atom. The number of nitrogens with zero attached hydrogens (tertiary/aromatic N) is 3. The number of nitrogens with one attached hydrogen (secondary N) is 1. The molecule has 4 rings (SSSR count). The fraction of sp³-hybridized carbons (Fsp3) is 0.444. The van der Waals surface area contributed by atoms with Crippen LogP contribution in [0.5, 0.6) is 0 Å². The maximum atomic E-state index is 9.23. The minimum Gasteiger partial charge on any atom is -0.394 e. The highest BCUT2D eigenvalue weighted by Crippen LogP contribution is 2.51. The van der Waals surface area contributed by atoms with Crippen molar-refractivity contribution in [2.75, 3.05) is 23.4 Å². The summed E-state index contributed by atoms with van der Waals surface area (Å²) in [6.07, 6.45) is 1.18. The molecule has 5 heteroatoms. The SMILES string of the molecule is Cc1nc(N[C@@H](C)CO)cc(N2C[C@H]3C[C@H]2c2ccccc23)n1. The number of rotatable bonds is 4. The molecule has 0 unspecified atom stereocenters. The van der Waals surface area contributed by atoms with Gasteiger partial charge in [-0.05, 0) is 31.4 Å². The van der Waals surface area contributed by atoms with Crippen LogP contribution in [-0.2, 0) is 0 Å². The number of aliphatic hydroxyl groups excluding tert-OH is 1. The molecule has 0 spiro atoms. The van der Waals surface area contributed by atoms with E-state index in [1.54, 1.807) is 0 Å². The van der Waals surface area contributed by atoms with Crippen LogP contribution < -0.4 is 10.2 Å². The quantitative estimate of drug-likeness (QED) is 0.909. The second-order valence-electron chi connectivity index (χ2n) is 6.62. The zero-order valence-corrected chi connectivity index (χ0v) is 13.5. The van der Waals surface area contributed by atoms with Gasteiger partial charge >= 0.3 is 0 Å². The first kappa shape index (κ1) is 14.5. The third-order valence-electron chi connectivity index (χ3n) is 4.88. The summed E-state index contributed by atoms with van der Waals surface area (Å²) in [5.74, 6) is 3.13. The second-order valence-corrected chi connectivity index (χ2v) is 6.62. The van der Waals surface area contributed by atoms with Gasteiger partial charge in [0.25, 0.3) is 0 Å².